The van der Waals surface area contributed by atoms with Gasteiger partial charge in [0.05, 0.1) is 14.2 Å². The second kappa shape index (κ2) is 8.92. The second-order valence-corrected chi connectivity index (χ2v) is 6.72. The molecule has 28 heavy (non-hydrogen) atoms. The number of nitrogens with one attached hydrogen (secondary N) is 5. The summed E-state index contributed by atoms with van der Waals surface area (Å²) in [7, 11) is 3.18. The molecule has 3 rings (SSSR count). The second-order valence-electron chi connectivity index (χ2n) is 6.72. The highest BCUT2D eigenvalue weighted by Crippen LogP contribution is 2.27. The first-order chi connectivity index (χ1) is 13.5. The van der Waals surface area contributed by atoms with E-state index in [1.807, 2.05) is 24.3 Å². The van der Waals surface area contributed by atoms with Crippen LogP contribution < -0.4 is 36.5 Å². The van der Waals surface area contributed by atoms with E-state index in [-0.39, 0.29) is 12.1 Å². The minimum atomic E-state index is -0.484. The number of benzene rings is 2. The normalized spacial score (nSPS) is 18.6. The third-order valence-corrected chi connectivity index (χ3v) is 4.81. The fraction of sp³-hybridized carbons (Fsp3) is 0.350. The molecule has 8 nitrogen and oxygen atoms in total. The van der Waals surface area contributed by atoms with Crippen molar-refractivity contribution in [1.29, 1.82) is 0 Å². The monoisotopic (exact) mass is 385 g/mol. The number of aryl methyl sites for hydroxylation is 2. The molecule has 0 aromatic heterocycles. The summed E-state index contributed by atoms with van der Waals surface area (Å²) in [6.45, 7) is 4.51. The molecule has 1 fully saturated rings. The molecule has 2 atom stereocenters. The minimum absolute atomic E-state index is 0.131. The van der Waals surface area contributed by atoms with Crippen LogP contribution in [-0.4, -0.2) is 32.3 Å². The van der Waals surface area contributed by atoms with Crippen molar-refractivity contribution in [2.45, 2.75) is 32.6 Å². The number of hydrogen-bond acceptors (Lipinski definition) is 7. The van der Waals surface area contributed by atoms with Gasteiger partial charge >= 0.3 is 0 Å². The smallest absolute Gasteiger partial charge is 0.242 e. The Kier molecular flexibility index (Phi) is 6.35. The first-order valence-corrected chi connectivity index (χ1v) is 9.10. The molecule has 1 aliphatic rings. The van der Waals surface area contributed by atoms with Crippen molar-refractivity contribution < 1.29 is 14.3 Å². The topological polar surface area (TPSA) is 95.7 Å². The van der Waals surface area contributed by atoms with Crippen molar-refractivity contribution in [2.24, 2.45) is 0 Å². The van der Waals surface area contributed by atoms with E-state index in [0.29, 0.717) is 18.0 Å². The third kappa shape index (κ3) is 4.53. The van der Waals surface area contributed by atoms with Gasteiger partial charge in [0.1, 0.15) is 12.2 Å². The summed E-state index contributed by atoms with van der Waals surface area (Å²) >= 11 is 0. The molecular formula is C20H27N5O3. The predicted molar refractivity (Wildman–Crippen MR) is 108 cm³/mol. The molecular weight excluding hydrogens is 358 g/mol. The number of ether oxygens (including phenoxy) is 2. The number of methoxy groups -OCH3 is 2. The van der Waals surface area contributed by atoms with Crippen molar-refractivity contribution in [3.63, 3.8) is 0 Å². The summed E-state index contributed by atoms with van der Waals surface area (Å²) in [4.78, 5) is 12.7. The van der Waals surface area contributed by atoms with E-state index in [4.69, 9.17) is 9.47 Å². The third-order valence-electron chi connectivity index (χ3n) is 4.81. The molecule has 1 saturated heterocycles. The van der Waals surface area contributed by atoms with Gasteiger partial charge in [0.15, 0.2) is 11.5 Å². The molecule has 1 amide bonds. The number of anilines is 1. The molecule has 2 aromatic carbocycles. The number of amides is 1. The number of hydrazine groups is 2. The number of carbonyl (C=O) groups excluding carboxylic acids is 1. The van der Waals surface area contributed by atoms with Crippen LogP contribution in [-0.2, 0) is 11.3 Å². The van der Waals surface area contributed by atoms with Crippen LogP contribution in [0.4, 0.5) is 5.69 Å². The van der Waals surface area contributed by atoms with Gasteiger partial charge in [-0.2, -0.15) is 5.53 Å². The molecule has 5 N–H and O–H groups in total. The van der Waals surface area contributed by atoms with Gasteiger partial charge in [-0.15, -0.1) is 0 Å². The summed E-state index contributed by atoms with van der Waals surface area (Å²) < 4.78 is 10.5. The van der Waals surface area contributed by atoms with Crippen molar-refractivity contribution in [3.05, 3.63) is 53.1 Å². The van der Waals surface area contributed by atoms with Crippen LogP contribution in [0.15, 0.2) is 36.4 Å². The van der Waals surface area contributed by atoms with Crippen LogP contribution in [0.2, 0.25) is 0 Å². The van der Waals surface area contributed by atoms with Gasteiger partial charge in [-0.3, -0.25) is 4.79 Å². The van der Waals surface area contributed by atoms with E-state index in [0.717, 1.165) is 11.3 Å². The highest BCUT2D eigenvalue weighted by Gasteiger charge is 2.32. The van der Waals surface area contributed by atoms with Crippen molar-refractivity contribution in [3.8, 4) is 11.5 Å². The first-order valence-electron chi connectivity index (χ1n) is 9.10. The molecule has 2 unspecified atom stereocenters. The maximum absolute atomic E-state index is 12.7. The Morgan fingerprint density at radius 3 is 2.50 bits per heavy atom. The van der Waals surface area contributed by atoms with Crippen LogP contribution >= 0.6 is 0 Å². The lowest BCUT2D eigenvalue weighted by Crippen LogP contribution is -2.50. The predicted octanol–water partition coefficient (Wildman–Crippen LogP) is 1.36. The van der Waals surface area contributed by atoms with Gasteiger partial charge in [-0.1, -0.05) is 12.1 Å². The quantitative estimate of drug-likeness (QED) is 0.491. The Morgan fingerprint density at radius 2 is 1.79 bits per heavy atom. The fourth-order valence-electron chi connectivity index (χ4n) is 3.00. The summed E-state index contributed by atoms with van der Waals surface area (Å²) in [5, 5.41) is 6.29. The lowest BCUT2D eigenvalue weighted by Gasteiger charge is -2.20. The highest BCUT2D eigenvalue weighted by molar-refractivity contribution is 5.83. The van der Waals surface area contributed by atoms with Gasteiger partial charge in [-0.05, 0) is 54.8 Å². The largest absolute Gasteiger partial charge is 0.493 e. The van der Waals surface area contributed by atoms with E-state index < -0.39 is 6.04 Å². The van der Waals surface area contributed by atoms with Crippen molar-refractivity contribution >= 4 is 11.6 Å². The lowest BCUT2D eigenvalue weighted by molar-refractivity contribution is -0.123. The van der Waals surface area contributed by atoms with E-state index in [2.05, 4.69) is 53.0 Å². The molecule has 2 aromatic rings. The SMILES string of the molecule is COc1ccc(CNC(=O)C2NNNC2Nc2ccc(C)c(C)c2)cc1OC. The average Bonchev–Trinajstić information content (AvgIpc) is 3.16. The van der Waals surface area contributed by atoms with E-state index in [9.17, 15) is 4.79 Å². The van der Waals surface area contributed by atoms with Crippen LogP contribution in [0.3, 0.4) is 0 Å². The number of carbonyl (C=O) groups is 1. The molecule has 1 aliphatic heterocycles. The zero-order valence-electron chi connectivity index (χ0n) is 16.6. The van der Waals surface area contributed by atoms with Gasteiger partial charge in [0.2, 0.25) is 5.91 Å². The van der Waals surface area contributed by atoms with Crippen LogP contribution in [0, 0.1) is 13.8 Å². The van der Waals surface area contributed by atoms with Crippen LogP contribution in [0.1, 0.15) is 16.7 Å². The van der Waals surface area contributed by atoms with Crippen molar-refractivity contribution in [2.75, 3.05) is 19.5 Å². The fourth-order valence-corrected chi connectivity index (χ4v) is 3.00. The van der Waals surface area contributed by atoms with Gasteiger partial charge in [0.25, 0.3) is 0 Å². The molecule has 150 valence electrons. The molecule has 0 bridgehead atoms. The molecule has 0 spiro atoms. The zero-order valence-corrected chi connectivity index (χ0v) is 16.6. The number of rotatable bonds is 7. The Hall–Kier alpha value is -2.81. The van der Waals surface area contributed by atoms with E-state index in [1.54, 1.807) is 14.2 Å². The maximum atomic E-state index is 12.7. The Labute approximate surface area is 164 Å². The lowest BCUT2D eigenvalue weighted by atomic mass is 10.1. The van der Waals surface area contributed by atoms with Crippen LogP contribution in [0.25, 0.3) is 0 Å². The Balaban J connectivity index is 1.60. The van der Waals surface area contributed by atoms with Gasteiger partial charge in [0, 0.05) is 12.2 Å². The summed E-state index contributed by atoms with van der Waals surface area (Å²) in [5.41, 5.74) is 13.1. The first kappa shape index (κ1) is 19.9. The molecule has 0 saturated carbocycles. The van der Waals surface area contributed by atoms with Crippen molar-refractivity contribution in [1.82, 2.24) is 21.7 Å². The minimum Gasteiger partial charge on any atom is -0.493 e. The summed E-state index contributed by atoms with van der Waals surface area (Å²) in [6.07, 6.45) is -0.299. The van der Waals surface area contributed by atoms with Gasteiger partial charge in [-0.25, -0.2) is 10.9 Å². The van der Waals surface area contributed by atoms with Crippen LogP contribution in [0.5, 0.6) is 11.5 Å². The van der Waals surface area contributed by atoms with E-state index in [1.165, 1.54) is 11.1 Å². The van der Waals surface area contributed by atoms with E-state index >= 15 is 0 Å². The van der Waals surface area contributed by atoms with Gasteiger partial charge < -0.3 is 20.1 Å². The summed E-state index contributed by atoms with van der Waals surface area (Å²) in [5.74, 6) is 1.15. The average molecular weight is 385 g/mol. The number of hydrogen-bond donors (Lipinski definition) is 5. The zero-order chi connectivity index (χ0) is 20.1. The molecule has 0 aliphatic carbocycles. The standard InChI is InChI=1S/C20H27N5O3/c1-12-5-7-15(9-13(12)2)22-19-18(23-25-24-19)20(26)21-11-14-6-8-16(27-3)17(10-14)28-4/h5-10,18-19,22-25H,11H2,1-4H3,(H,21,26). The Morgan fingerprint density at radius 1 is 1.00 bits per heavy atom. The highest BCUT2D eigenvalue weighted by atomic mass is 16.5. The molecule has 8 heteroatoms. The molecule has 0 radical (unpaired) electrons. The Bertz CT molecular complexity index is 843. The molecule has 1 heterocycles. The maximum Gasteiger partial charge on any atom is 0.242 e. The summed E-state index contributed by atoms with van der Waals surface area (Å²) in [6, 6.07) is 11.2.